The number of hydrogen-bond donors (Lipinski definition) is 2. The molecular weight excluding hydrogens is 135 g/mol. The van der Waals surface area contributed by atoms with Gasteiger partial charge < -0.3 is 10.2 Å². The fraction of sp³-hybridized carbons (Fsp3) is 0.250. The van der Waals surface area contributed by atoms with Crippen LogP contribution in [0.5, 0.6) is 11.5 Å². The van der Waals surface area contributed by atoms with Crippen LogP contribution in [0.15, 0.2) is 6.07 Å². The fourth-order valence-electron chi connectivity index (χ4n) is 0.756. The summed E-state index contributed by atoms with van der Waals surface area (Å²) in [5, 5.41) is 18.2. The maximum Gasteiger partial charge on any atom is 1.00 e. The number of phenolic OH excluding ortho intramolecular Hbond substituents is 2. The standard InChI is InChI=1S/C8H9O2.Li/c1-5-3-4-7(9)6(2)8(5)10;/h4,9-10H,1-2H3;/q-1;+1. The normalized spacial score (nSPS) is 8.91. The van der Waals surface area contributed by atoms with Gasteiger partial charge in [-0.3, -0.25) is 0 Å². The van der Waals surface area contributed by atoms with Crippen molar-refractivity contribution >= 4 is 0 Å². The molecule has 0 spiro atoms. The first kappa shape index (κ1) is 10.4. The molecule has 0 fully saturated rings. The molecule has 1 aromatic carbocycles. The summed E-state index contributed by atoms with van der Waals surface area (Å²) >= 11 is 0. The molecule has 2 nitrogen and oxygen atoms in total. The van der Waals surface area contributed by atoms with Crippen molar-refractivity contribution < 1.29 is 29.1 Å². The summed E-state index contributed by atoms with van der Waals surface area (Å²) < 4.78 is 0. The van der Waals surface area contributed by atoms with Gasteiger partial charge in [0, 0.05) is 11.5 Å². The van der Waals surface area contributed by atoms with Crippen molar-refractivity contribution in [2.45, 2.75) is 13.8 Å². The quantitative estimate of drug-likeness (QED) is 0.344. The van der Waals surface area contributed by atoms with E-state index in [4.69, 9.17) is 5.11 Å². The zero-order valence-electron chi connectivity index (χ0n) is 6.97. The van der Waals surface area contributed by atoms with Gasteiger partial charge in [-0.1, -0.05) is 19.4 Å². The Balaban J connectivity index is 0.000001000. The molecular formula is C8H9LiO2. The number of phenols is 2. The molecule has 0 saturated heterocycles. The molecule has 0 amide bonds. The zero-order chi connectivity index (χ0) is 7.72. The molecule has 54 valence electrons. The van der Waals surface area contributed by atoms with Crippen molar-refractivity contribution in [2.24, 2.45) is 0 Å². The second-order valence-corrected chi connectivity index (χ2v) is 2.27. The molecule has 0 aliphatic rings. The summed E-state index contributed by atoms with van der Waals surface area (Å²) in [7, 11) is 0. The van der Waals surface area contributed by atoms with Gasteiger partial charge in [-0.05, 0) is 0 Å². The average Bonchev–Trinajstić information content (AvgIpc) is 1.93. The van der Waals surface area contributed by atoms with Gasteiger partial charge in [-0.15, -0.1) is 11.6 Å². The summed E-state index contributed by atoms with van der Waals surface area (Å²) in [5.41, 5.74) is 1.17. The van der Waals surface area contributed by atoms with E-state index in [1.54, 1.807) is 13.8 Å². The molecule has 0 aromatic heterocycles. The van der Waals surface area contributed by atoms with Gasteiger partial charge in [0.2, 0.25) is 0 Å². The third-order valence-electron chi connectivity index (χ3n) is 1.52. The first-order valence-electron chi connectivity index (χ1n) is 3.02. The van der Waals surface area contributed by atoms with E-state index >= 15 is 0 Å². The Morgan fingerprint density at radius 1 is 1.27 bits per heavy atom. The van der Waals surface area contributed by atoms with Crippen LogP contribution in [-0.2, 0) is 0 Å². The third kappa shape index (κ3) is 1.92. The Labute approximate surface area is 78.0 Å². The molecule has 0 atom stereocenters. The first-order chi connectivity index (χ1) is 4.63. The van der Waals surface area contributed by atoms with E-state index in [0.717, 1.165) is 0 Å². The van der Waals surface area contributed by atoms with Crippen LogP contribution in [0.1, 0.15) is 11.1 Å². The Morgan fingerprint density at radius 3 is 2.27 bits per heavy atom. The minimum atomic E-state index is 0. The van der Waals surface area contributed by atoms with Crippen molar-refractivity contribution in [2.75, 3.05) is 0 Å². The van der Waals surface area contributed by atoms with Gasteiger partial charge in [-0.25, -0.2) is 0 Å². The van der Waals surface area contributed by atoms with Gasteiger partial charge in [0.1, 0.15) is 0 Å². The Hall–Kier alpha value is -0.583. The smallest absolute Gasteiger partial charge is 0.565 e. The van der Waals surface area contributed by atoms with E-state index in [0.29, 0.717) is 11.1 Å². The van der Waals surface area contributed by atoms with Crippen LogP contribution in [0.2, 0.25) is 0 Å². The minimum Gasteiger partial charge on any atom is -0.565 e. The summed E-state index contributed by atoms with van der Waals surface area (Å²) in [5.74, 6) is 0.211. The van der Waals surface area contributed by atoms with Gasteiger partial charge in [0.15, 0.2) is 0 Å². The number of aryl methyl sites for hydroxylation is 1. The second-order valence-electron chi connectivity index (χ2n) is 2.27. The first-order valence-corrected chi connectivity index (χ1v) is 3.02. The molecule has 1 aromatic rings. The Kier molecular flexibility index (Phi) is 3.51. The van der Waals surface area contributed by atoms with Gasteiger partial charge >= 0.3 is 18.9 Å². The second kappa shape index (κ2) is 3.71. The van der Waals surface area contributed by atoms with E-state index in [9.17, 15) is 5.11 Å². The van der Waals surface area contributed by atoms with Gasteiger partial charge in [0.05, 0.1) is 0 Å². The van der Waals surface area contributed by atoms with Crippen LogP contribution in [0.25, 0.3) is 0 Å². The van der Waals surface area contributed by atoms with Crippen LogP contribution >= 0.6 is 0 Å². The molecule has 0 unspecified atom stereocenters. The topological polar surface area (TPSA) is 40.5 Å². The van der Waals surface area contributed by atoms with Crippen LogP contribution in [0, 0.1) is 19.9 Å². The molecule has 11 heavy (non-hydrogen) atoms. The summed E-state index contributed by atoms with van der Waals surface area (Å²) in [4.78, 5) is 0. The SMILES string of the molecule is Cc1[c-]cc(O)c(C)c1O.[Li+]. The monoisotopic (exact) mass is 144 g/mol. The molecule has 0 radical (unpaired) electrons. The average molecular weight is 144 g/mol. The van der Waals surface area contributed by atoms with E-state index in [2.05, 4.69) is 6.07 Å². The van der Waals surface area contributed by atoms with Gasteiger partial charge in [-0.2, -0.15) is 6.07 Å². The van der Waals surface area contributed by atoms with Crippen molar-refractivity contribution in [3.05, 3.63) is 23.3 Å². The minimum absolute atomic E-state index is 0. The predicted octanol–water partition coefficient (Wildman–Crippen LogP) is -1.48. The fourth-order valence-corrected chi connectivity index (χ4v) is 0.756. The maximum atomic E-state index is 9.20. The van der Waals surface area contributed by atoms with E-state index in [1.165, 1.54) is 6.07 Å². The molecule has 0 aliphatic carbocycles. The largest absolute Gasteiger partial charge is 1.00 e. The maximum absolute atomic E-state index is 9.20. The van der Waals surface area contributed by atoms with Gasteiger partial charge in [0.25, 0.3) is 0 Å². The predicted molar refractivity (Wildman–Crippen MR) is 38.1 cm³/mol. The molecule has 1 rings (SSSR count). The number of hydrogen-bond acceptors (Lipinski definition) is 2. The summed E-state index contributed by atoms with van der Waals surface area (Å²) in [6.45, 7) is 3.40. The third-order valence-corrected chi connectivity index (χ3v) is 1.52. The molecule has 0 aliphatic heterocycles. The van der Waals surface area contributed by atoms with E-state index in [-0.39, 0.29) is 30.4 Å². The van der Waals surface area contributed by atoms with Crippen LogP contribution in [0.4, 0.5) is 0 Å². The van der Waals surface area contributed by atoms with Crippen LogP contribution in [0.3, 0.4) is 0 Å². The van der Waals surface area contributed by atoms with E-state index < -0.39 is 0 Å². The molecule has 0 bridgehead atoms. The summed E-state index contributed by atoms with van der Waals surface area (Å²) in [6, 6.07) is 4.16. The zero-order valence-corrected chi connectivity index (χ0v) is 6.97. The van der Waals surface area contributed by atoms with Crippen molar-refractivity contribution in [1.82, 2.24) is 0 Å². The number of aromatic hydroxyl groups is 2. The number of rotatable bonds is 0. The van der Waals surface area contributed by atoms with Crippen LogP contribution < -0.4 is 18.9 Å². The van der Waals surface area contributed by atoms with E-state index in [1.807, 2.05) is 0 Å². The Bertz CT molecular complexity index is 232. The molecule has 3 heteroatoms. The van der Waals surface area contributed by atoms with Crippen molar-refractivity contribution in [1.29, 1.82) is 0 Å². The van der Waals surface area contributed by atoms with Crippen molar-refractivity contribution in [3.8, 4) is 11.5 Å². The molecule has 0 saturated carbocycles. The van der Waals surface area contributed by atoms with Crippen LogP contribution in [-0.4, -0.2) is 10.2 Å². The van der Waals surface area contributed by atoms with Crippen molar-refractivity contribution in [3.63, 3.8) is 0 Å². The Morgan fingerprint density at radius 2 is 1.82 bits per heavy atom. The molecule has 0 heterocycles. The number of benzene rings is 1. The summed E-state index contributed by atoms with van der Waals surface area (Å²) in [6.07, 6.45) is 0. The molecule has 2 N–H and O–H groups in total.